The van der Waals surface area contributed by atoms with Gasteiger partial charge in [-0.05, 0) is 117 Å². The Bertz CT molecular complexity index is 724. The summed E-state index contributed by atoms with van der Waals surface area (Å²) in [5.41, 5.74) is 8.29. The number of hydrogen-bond donors (Lipinski definition) is 2. The van der Waals surface area contributed by atoms with E-state index in [1.807, 2.05) is 0 Å². The Balaban J connectivity index is 0.00000162. The molecule has 200 valence electrons. The quantitative estimate of drug-likeness (QED) is 0.316. The van der Waals surface area contributed by atoms with Crippen LogP contribution in [0.4, 0.5) is 0 Å². The molecule has 0 radical (unpaired) electrons. The van der Waals surface area contributed by atoms with Crippen molar-refractivity contribution in [2.24, 2.45) is 63.4 Å². The predicted octanol–water partition coefficient (Wildman–Crippen LogP) is 8.57. The summed E-state index contributed by atoms with van der Waals surface area (Å²) in [5.74, 6) is 5.15. The summed E-state index contributed by atoms with van der Waals surface area (Å²) in [6.45, 7) is 14.7. The van der Waals surface area contributed by atoms with Crippen LogP contribution in [0.3, 0.4) is 0 Å². The van der Waals surface area contributed by atoms with Crippen LogP contribution in [0, 0.1) is 57.7 Å². The smallest absolute Gasteiger partial charge is 0.0958 e. The lowest BCUT2D eigenvalue weighted by Gasteiger charge is -2.68. The molecular weight excluding hydrogens is 418 g/mol. The highest BCUT2D eigenvalue weighted by Gasteiger charge is 2.69. The zero-order valence-corrected chi connectivity index (χ0v) is 21.8. The van der Waals surface area contributed by atoms with E-state index in [0.717, 1.165) is 36.5 Å². The lowest BCUT2D eigenvalue weighted by atomic mass is 9.37. The molecule has 0 heterocycles. The van der Waals surface area contributed by atoms with E-state index in [1.54, 1.807) is 0 Å². The largest absolute Gasteiger partial charge is 0.325 e. The van der Waals surface area contributed by atoms with Gasteiger partial charge in [0.25, 0.3) is 0 Å². The fourth-order valence-electron chi connectivity index (χ4n) is 11.6. The van der Waals surface area contributed by atoms with E-state index in [0.29, 0.717) is 28.6 Å². The minimum atomic E-state index is -0.125. The zero-order valence-electron chi connectivity index (χ0n) is 21.8. The first-order chi connectivity index (χ1) is 15.0. The van der Waals surface area contributed by atoms with Crippen molar-refractivity contribution in [2.75, 3.05) is 0 Å². The molecular formula is C31H59NO2. The van der Waals surface area contributed by atoms with Crippen LogP contribution in [0.5, 0.6) is 0 Å². The van der Waals surface area contributed by atoms with Crippen LogP contribution >= 0.6 is 0 Å². The fraction of sp³-hybridized carbons (Fsp3) is 1.00. The second-order valence-electron chi connectivity index (χ2n) is 14.2. The van der Waals surface area contributed by atoms with Gasteiger partial charge in [-0.3, -0.25) is 5.26 Å². The van der Waals surface area contributed by atoms with Gasteiger partial charge in [0.2, 0.25) is 0 Å². The predicted molar refractivity (Wildman–Crippen MR) is 144 cm³/mol. The summed E-state index contributed by atoms with van der Waals surface area (Å²) < 4.78 is 0. The molecule has 11 atom stereocenters. The van der Waals surface area contributed by atoms with E-state index in [2.05, 4.69) is 41.5 Å². The third-order valence-corrected chi connectivity index (χ3v) is 13.3. The van der Waals surface area contributed by atoms with E-state index in [1.165, 1.54) is 57.8 Å². The molecule has 3 heteroatoms. The lowest BCUT2D eigenvalue weighted by Crippen LogP contribution is -2.65. The van der Waals surface area contributed by atoms with Crippen LogP contribution in [-0.4, -0.2) is 16.9 Å². The second kappa shape index (κ2) is 9.32. The van der Waals surface area contributed by atoms with Gasteiger partial charge in [-0.15, -0.1) is 0 Å². The molecule has 0 aromatic rings. The van der Waals surface area contributed by atoms with Crippen LogP contribution in [0.25, 0.3) is 0 Å². The van der Waals surface area contributed by atoms with Gasteiger partial charge in [-0.2, -0.15) is 0 Å². The summed E-state index contributed by atoms with van der Waals surface area (Å²) in [6, 6.07) is 0. The molecule has 5 fully saturated rings. The number of hydrogen-bond acceptors (Lipinski definition) is 3. The van der Waals surface area contributed by atoms with Crippen LogP contribution in [0.1, 0.15) is 127 Å². The first-order valence-corrected chi connectivity index (χ1v) is 14.1. The normalized spacial score (nSPS) is 52.9. The van der Waals surface area contributed by atoms with Gasteiger partial charge in [-0.1, -0.05) is 62.3 Å². The monoisotopic (exact) mass is 477 g/mol. The molecule has 3 nitrogen and oxygen atoms in total. The van der Waals surface area contributed by atoms with Gasteiger partial charge in [0, 0.05) is 11.0 Å². The maximum Gasteiger partial charge on any atom is 0.0958 e. The molecule has 0 amide bonds. The van der Waals surface area contributed by atoms with Crippen LogP contribution in [0.15, 0.2) is 0 Å². The minimum absolute atomic E-state index is 0. The van der Waals surface area contributed by atoms with Crippen molar-refractivity contribution in [2.45, 2.75) is 139 Å². The van der Waals surface area contributed by atoms with Gasteiger partial charge >= 0.3 is 0 Å². The molecule has 0 aliphatic heterocycles. The summed E-state index contributed by atoms with van der Waals surface area (Å²) >= 11 is 0. The molecule has 0 spiro atoms. The Kier molecular flexibility index (Phi) is 7.80. The number of nitrogens with two attached hydrogens (primary N) is 1. The van der Waals surface area contributed by atoms with E-state index in [9.17, 15) is 5.26 Å². The molecule has 34 heavy (non-hydrogen) atoms. The second-order valence-corrected chi connectivity index (χ2v) is 14.2. The molecule has 5 saturated carbocycles. The molecule has 11 unspecified atom stereocenters. The van der Waals surface area contributed by atoms with Crippen LogP contribution < -0.4 is 5.73 Å². The van der Waals surface area contributed by atoms with Crippen molar-refractivity contribution in [1.82, 2.24) is 0 Å². The zero-order chi connectivity index (χ0) is 23.1. The van der Waals surface area contributed by atoms with Crippen molar-refractivity contribution in [1.29, 1.82) is 0 Å². The molecule has 0 aromatic carbocycles. The average Bonchev–Trinajstić information content (AvgIpc) is 3.08. The maximum absolute atomic E-state index is 9.82. The van der Waals surface area contributed by atoms with Gasteiger partial charge in [-0.25, -0.2) is 4.89 Å². The Hall–Kier alpha value is -0.120. The molecule has 0 bridgehead atoms. The van der Waals surface area contributed by atoms with Gasteiger partial charge in [0.05, 0.1) is 6.10 Å². The van der Waals surface area contributed by atoms with Gasteiger partial charge in [0.1, 0.15) is 0 Å². The third kappa shape index (κ3) is 3.52. The summed E-state index contributed by atoms with van der Waals surface area (Å²) in [4.78, 5) is 5.12. The van der Waals surface area contributed by atoms with Crippen molar-refractivity contribution < 1.29 is 10.1 Å². The highest BCUT2D eigenvalue weighted by Crippen LogP contribution is 2.73. The molecule has 3 N–H and O–H groups in total. The Morgan fingerprint density at radius 1 is 0.824 bits per heavy atom. The Labute approximate surface area is 212 Å². The Morgan fingerprint density at radius 2 is 1.47 bits per heavy atom. The molecule has 5 aliphatic rings. The highest BCUT2D eigenvalue weighted by atomic mass is 17.1. The summed E-state index contributed by atoms with van der Waals surface area (Å²) in [7, 11) is 0. The number of rotatable bonds is 3. The minimum Gasteiger partial charge on any atom is -0.325 e. The van der Waals surface area contributed by atoms with Crippen LogP contribution in [-0.2, 0) is 4.89 Å². The SMILES string of the molecule is C.C.CC1CCCC2(C)C1CCC1(C)C3CCC4(C(C)OO)CCC(N)(C(C)C)C4C3CCC21. The summed E-state index contributed by atoms with van der Waals surface area (Å²) in [5, 5.41) is 9.82. The average molecular weight is 478 g/mol. The summed E-state index contributed by atoms with van der Waals surface area (Å²) in [6.07, 6.45) is 14.5. The number of fused-ring (bicyclic) bond motifs is 7. The standard InChI is InChI=1S/C29H51NO2.2CH4/c1-18(2)29(30)17-16-28(20(4)32-31)15-12-23-21(25(28)29)9-10-24-26(5)13-7-8-19(3)22(26)11-14-27(23,24)6;;/h18-25,31H,7-17,30H2,1-6H3;2*1H4. The molecule has 5 aliphatic carbocycles. The fourth-order valence-corrected chi connectivity index (χ4v) is 11.6. The van der Waals surface area contributed by atoms with E-state index < -0.39 is 0 Å². The van der Waals surface area contributed by atoms with Gasteiger partial charge < -0.3 is 5.73 Å². The molecule has 0 saturated heterocycles. The topological polar surface area (TPSA) is 55.5 Å². The van der Waals surface area contributed by atoms with E-state index >= 15 is 0 Å². The first kappa shape index (κ1) is 28.5. The highest BCUT2D eigenvalue weighted by molar-refractivity contribution is 5.19. The third-order valence-electron chi connectivity index (χ3n) is 13.3. The molecule has 5 rings (SSSR count). The maximum atomic E-state index is 9.82. The van der Waals surface area contributed by atoms with Crippen LogP contribution in [0.2, 0.25) is 0 Å². The van der Waals surface area contributed by atoms with Crippen molar-refractivity contribution in [3.05, 3.63) is 0 Å². The van der Waals surface area contributed by atoms with Crippen molar-refractivity contribution in [3.63, 3.8) is 0 Å². The van der Waals surface area contributed by atoms with Crippen molar-refractivity contribution >= 4 is 0 Å². The first-order valence-electron chi connectivity index (χ1n) is 14.1. The lowest BCUT2D eigenvalue weighted by molar-refractivity contribution is -0.315. The Morgan fingerprint density at radius 3 is 2.12 bits per heavy atom. The van der Waals surface area contributed by atoms with E-state index in [4.69, 9.17) is 10.6 Å². The van der Waals surface area contributed by atoms with E-state index in [-0.39, 0.29) is 31.9 Å². The molecule has 0 aromatic heterocycles. The van der Waals surface area contributed by atoms with Gasteiger partial charge in [0.15, 0.2) is 0 Å². The van der Waals surface area contributed by atoms with Crippen molar-refractivity contribution in [3.8, 4) is 0 Å².